The molecule has 0 aliphatic heterocycles. The zero-order valence-electron chi connectivity index (χ0n) is 10.3. The highest BCUT2D eigenvalue weighted by molar-refractivity contribution is 5.73. The molecule has 92 valence electrons. The van der Waals surface area contributed by atoms with Crippen molar-refractivity contribution in [3.05, 3.63) is 29.8 Å². The van der Waals surface area contributed by atoms with E-state index in [0.29, 0.717) is 18.0 Å². The molecule has 0 bridgehead atoms. The fourth-order valence-corrected chi connectivity index (χ4v) is 1.43. The van der Waals surface area contributed by atoms with Gasteiger partial charge in [0.15, 0.2) is 11.5 Å². The highest BCUT2D eigenvalue weighted by Crippen LogP contribution is 2.31. The number of hydrogen-bond donors (Lipinski definition) is 1. The Morgan fingerprint density at radius 1 is 1.35 bits per heavy atom. The predicted molar refractivity (Wildman–Crippen MR) is 67.3 cm³/mol. The number of carbonyl (C=O) groups excluding carboxylic acids is 1. The fourth-order valence-electron chi connectivity index (χ4n) is 1.43. The number of hydrogen-bond acceptors (Lipinski definition) is 3. The minimum Gasteiger partial charge on any atom is -0.493 e. The molecule has 0 radical (unpaired) electrons. The molecular weight excluding hydrogens is 218 g/mol. The average Bonchev–Trinajstić information content (AvgIpc) is 2.33. The van der Waals surface area contributed by atoms with Gasteiger partial charge in [-0.2, -0.15) is 0 Å². The van der Waals surface area contributed by atoms with Gasteiger partial charge in [0.2, 0.25) is 5.91 Å². The van der Waals surface area contributed by atoms with E-state index in [-0.39, 0.29) is 5.91 Å². The molecule has 0 aliphatic rings. The zero-order valence-corrected chi connectivity index (χ0v) is 10.3. The third-order valence-electron chi connectivity index (χ3n) is 2.20. The van der Waals surface area contributed by atoms with Crippen LogP contribution in [0.2, 0.25) is 0 Å². The quantitative estimate of drug-likeness (QED) is 0.847. The number of para-hydroxylation sites is 1. The standard InChI is InChI=1S/C13H17NO3/c1-10(15)14-9-5-7-11-6-4-8-12(16-2)13(11)17-3/h4-8H,9H2,1-3H3,(H,14,15). The minimum absolute atomic E-state index is 0.0488. The molecule has 4 nitrogen and oxygen atoms in total. The molecule has 1 N–H and O–H groups in total. The molecule has 0 saturated carbocycles. The first-order valence-electron chi connectivity index (χ1n) is 5.31. The van der Waals surface area contributed by atoms with Crippen LogP contribution in [0.4, 0.5) is 0 Å². The first-order chi connectivity index (χ1) is 8.19. The van der Waals surface area contributed by atoms with Crippen LogP contribution in [0.25, 0.3) is 6.08 Å². The van der Waals surface area contributed by atoms with E-state index in [4.69, 9.17) is 9.47 Å². The molecule has 0 spiro atoms. The Morgan fingerprint density at radius 2 is 2.12 bits per heavy atom. The van der Waals surface area contributed by atoms with Gasteiger partial charge in [-0.15, -0.1) is 0 Å². The van der Waals surface area contributed by atoms with Gasteiger partial charge in [-0.3, -0.25) is 4.79 Å². The van der Waals surface area contributed by atoms with Crippen molar-refractivity contribution < 1.29 is 14.3 Å². The van der Waals surface area contributed by atoms with Crippen molar-refractivity contribution in [2.45, 2.75) is 6.92 Å². The van der Waals surface area contributed by atoms with Crippen molar-refractivity contribution >= 4 is 12.0 Å². The number of methoxy groups -OCH3 is 2. The van der Waals surface area contributed by atoms with Gasteiger partial charge in [0.1, 0.15) is 0 Å². The fraction of sp³-hybridized carbons (Fsp3) is 0.308. The Bertz CT molecular complexity index is 413. The van der Waals surface area contributed by atoms with Crippen molar-refractivity contribution in [1.29, 1.82) is 0 Å². The Kier molecular flexibility index (Phi) is 5.07. The van der Waals surface area contributed by atoms with Crippen molar-refractivity contribution in [3.8, 4) is 11.5 Å². The summed E-state index contributed by atoms with van der Waals surface area (Å²) in [6, 6.07) is 5.65. The molecule has 1 aromatic rings. The molecule has 4 heteroatoms. The van der Waals surface area contributed by atoms with E-state index in [1.54, 1.807) is 14.2 Å². The van der Waals surface area contributed by atoms with Crippen molar-refractivity contribution in [2.75, 3.05) is 20.8 Å². The summed E-state index contributed by atoms with van der Waals surface area (Å²) in [7, 11) is 3.20. The van der Waals surface area contributed by atoms with Gasteiger partial charge in [-0.1, -0.05) is 24.3 Å². The molecule has 1 amide bonds. The van der Waals surface area contributed by atoms with E-state index in [9.17, 15) is 4.79 Å². The largest absolute Gasteiger partial charge is 0.493 e. The second kappa shape index (κ2) is 6.58. The van der Waals surface area contributed by atoms with Gasteiger partial charge >= 0.3 is 0 Å². The average molecular weight is 235 g/mol. The lowest BCUT2D eigenvalue weighted by molar-refractivity contribution is -0.118. The summed E-state index contributed by atoms with van der Waals surface area (Å²) < 4.78 is 10.5. The summed E-state index contributed by atoms with van der Waals surface area (Å²) in [5.74, 6) is 1.33. The maximum absolute atomic E-state index is 10.7. The highest BCUT2D eigenvalue weighted by Gasteiger charge is 2.06. The van der Waals surface area contributed by atoms with E-state index in [2.05, 4.69) is 5.32 Å². The highest BCUT2D eigenvalue weighted by atomic mass is 16.5. The molecule has 1 aromatic carbocycles. The van der Waals surface area contributed by atoms with Crippen LogP contribution in [0.3, 0.4) is 0 Å². The number of ether oxygens (including phenoxy) is 2. The molecule has 0 heterocycles. The van der Waals surface area contributed by atoms with Crippen LogP contribution in [0.1, 0.15) is 12.5 Å². The Morgan fingerprint density at radius 3 is 2.71 bits per heavy atom. The lowest BCUT2D eigenvalue weighted by Crippen LogP contribution is -2.19. The maximum Gasteiger partial charge on any atom is 0.217 e. The summed E-state index contributed by atoms with van der Waals surface area (Å²) in [5.41, 5.74) is 0.914. The molecule has 0 unspecified atom stereocenters. The number of rotatable bonds is 5. The number of amides is 1. The van der Waals surface area contributed by atoms with Crippen LogP contribution in [0.15, 0.2) is 24.3 Å². The third-order valence-corrected chi connectivity index (χ3v) is 2.20. The Balaban J connectivity index is 2.79. The second-order valence-electron chi connectivity index (χ2n) is 3.42. The molecule has 0 fully saturated rings. The monoisotopic (exact) mass is 235 g/mol. The normalized spacial score (nSPS) is 10.3. The van der Waals surface area contributed by atoms with Gasteiger partial charge in [0.25, 0.3) is 0 Å². The smallest absolute Gasteiger partial charge is 0.217 e. The number of benzene rings is 1. The van der Waals surface area contributed by atoms with Gasteiger partial charge in [-0.25, -0.2) is 0 Å². The van der Waals surface area contributed by atoms with E-state index in [1.165, 1.54) is 6.92 Å². The van der Waals surface area contributed by atoms with E-state index < -0.39 is 0 Å². The van der Waals surface area contributed by atoms with E-state index >= 15 is 0 Å². The number of carbonyl (C=O) groups is 1. The molecule has 0 saturated heterocycles. The van der Waals surface area contributed by atoms with Crippen LogP contribution < -0.4 is 14.8 Å². The summed E-state index contributed by atoms with van der Waals surface area (Å²) in [6.07, 6.45) is 3.75. The Labute approximate surface area is 101 Å². The first-order valence-corrected chi connectivity index (χ1v) is 5.31. The summed E-state index contributed by atoms with van der Waals surface area (Å²) in [6.45, 7) is 1.98. The lowest BCUT2D eigenvalue weighted by Gasteiger charge is -2.09. The van der Waals surface area contributed by atoms with Crippen molar-refractivity contribution in [2.24, 2.45) is 0 Å². The van der Waals surface area contributed by atoms with Crippen LogP contribution in [-0.4, -0.2) is 26.7 Å². The van der Waals surface area contributed by atoms with Crippen LogP contribution in [0, 0.1) is 0 Å². The van der Waals surface area contributed by atoms with Crippen molar-refractivity contribution in [1.82, 2.24) is 5.32 Å². The first kappa shape index (κ1) is 13.1. The summed E-state index contributed by atoms with van der Waals surface area (Å²) in [4.78, 5) is 10.7. The lowest BCUT2D eigenvalue weighted by atomic mass is 10.1. The van der Waals surface area contributed by atoms with E-state index in [0.717, 1.165) is 5.56 Å². The maximum atomic E-state index is 10.7. The number of nitrogens with one attached hydrogen (secondary N) is 1. The molecule has 0 atom stereocenters. The molecular formula is C13H17NO3. The van der Waals surface area contributed by atoms with Gasteiger partial charge in [0, 0.05) is 19.0 Å². The SMILES string of the molecule is COc1cccc(C=CCNC(C)=O)c1OC. The third kappa shape index (κ3) is 3.83. The van der Waals surface area contributed by atoms with Gasteiger partial charge < -0.3 is 14.8 Å². The molecule has 0 aromatic heterocycles. The van der Waals surface area contributed by atoms with Gasteiger partial charge in [0.05, 0.1) is 14.2 Å². The van der Waals surface area contributed by atoms with Crippen LogP contribution in [0.5, 0.6) is 11.5 Å². The topological polar surface area (TPSA) is 47.6 Å². The van der Waals surface area contributed by atoms with Crippen molar-refractivity contribution in [3.63, 3.8) is 0 Å². The second-order valence-corrected chi connectivity index (χ2v) is 3.42. The molecule has 0 aliphatic carbocycles. The predicted octanol–water partition coefficient (Wildman–Crippen LogP) is 1.85. The van der Waals surface area contributed by atoms with Crippen LogP contribution in [-0.2, 0) is 4.79 Å². The summed E-state index contributed by atoms with van der Waals surface area (Å²) >= 11 is 0. The zero-order chi connectivity index (χ0) is 12.7. The summed E-state index contributed by atoms with van der Waals surface area (Å²) in [5, 5.41) is 2.68. The van der Waals surface area contributed by atoms with Gasteiger partial charge in [-0.05, 0) is 6.07 Å². The molecule has 17 heavy (non-hydrogen) atoms. The molecule has 1 rings (SSSR count). The van der Waals surface area contributed by atoms with E-state index in [1.807, 2.05) is 30.4 Å². The van der Waals surface area contributed by atoms with Crippen LogP contribution >= 0.6 is 0 Å². The minimum atomic E-state index is -0.0488. The Hall–Kier alpha value is -1.97.